The monoisotopic (exact) mass is 577 g/mol. The molecule has 0 saturated carbocycles. The second kappa shape index (κ2) is 10.6. The van der Waals surface area contributed by atoms with Gasteiger partial charge in [-0.1, -0.05) is 60.4 Å². The number of nitrogens with two attached hydrogens (primary N) is 1. The van der Waals surface area contributed by atoms with E-state index in [2.05, 4.69) is 33.3 Å². The van der Waals surface area contributed by atoms with Gasteiger partial charge in [-0.05, 0) is 48.7 Å². The Morgan fingerprint density at radius 2 is 1.73 bits per heavy atom. The van der Waals surface area contributed by atoms with E-state index in [1.54, 1.807) is 23.0 Å². The van der Waals surface area contributed by atoms with E-state index >= 15 is 0 Å². The van der Waals surface area contributed by atoms with Crippen LogP contribution in [0.4, 0.5) is 5.82 Å². The maximum Gasteiger partial charge on any atom is 0.264 e. The van der Waals surface area contributed by atoms with E-state index in [0.29, 0.717) is 28.0 Å². The molecule has 0 aliphatic rings. The number of hydrogen-bond acceptors (Lipinski definition) is 5. The number of nitrogen functional groups attached to an aromatic ring is 1. The van der Waals surface area contributed by atoms with Crippen molar-refractivity contribution >= 4 is 39.0 Å². The number of carbonyl (C=O) groups excluding carboxylic acids is 1. The van der Waals surface area contributed by atoms with Crippen LogP contribution in [0.1, 0.15) is 40.1 Å². The molecule has 3 N–H and O–H groups in total. The van der Waals surface area contributed by atoms with Crippen molar-refractivity contribution < 1.29 is 4.79 Å². The summed E-state index contributed by atoms with van der Waals surface area (Å²) in [5.74, 6) is 6.21. The number of nitrogens with zero attached hydrogens (tertiary/aromatic N) is 5. The van der Waals surface area contributed by atoms with Gasteiger partial charge < -0.3 is 15.6 Å². The molecule has 4 aromatic heterocycles. The van der Waals surface area contributed by atoms with Crippen molar-refractivity contribution in [3.63, 3.8) is 0 Å². The molecule has 0 spiro atoms. The van der Waals surface area contributed by atoms with Crippen LogP contribution in [0.5, 0.6) is 0 Å². The number of aromatic nitrogens is 5. The quantitative estimate of drug-likeness (QED) is 0.286. The first-order valence-electron chi connectivity index (χ1n) is 14.1. The molecular formula is C35H27N7O2. The summed E-state index contributed by atoms with van der Waals surface area (Å²) in [4.78, 5) is 32.2. The van der Waals surface area contributed by atoms with Crippen molar-refractivity contribution in [2.75, 3.05) is 5.73 Å². The maximum absolute atomic E-state index is 14.4. The summed E-state index contributed by atoms with van der Waals surface area (Å²) in [6.45, 7) is 1.83. The summed E-state index contributed by atoms with van der Waals surface area (Å²) >= 11 is 0. The Kier molecular flexibility index (Phi) is 6.44. The molecular weight excluding hydrogens is 550 g/mol. The van der Waals surface area contributed by atoms with E-state index in [-0.39, 0.29) is 16.9 Å². The molecule has 0 aliphatic carbocycles. The Morgan fingerprint density at radius 1 is 0.955 bits per heavy atom. The molecule has 1 amide bonds. The normalized spacial score (nSPS) is 11.9. The van der Waals surface area contributed by atoms with Crippen molar-refractivity contribution in [3.05, 3.63) is 136 Å². The number of fused-ring (bicyclic) bond motifs is 3. The zero-order valence-electron chi connectivity index (χ0n) is 24.0. The summed E-state index contributed by atoms with van der Waals surface area (Å²) in [5.41, 5.74) is 10.3. The minimum absolute atomic E-state index is 0.0711. The molecule has 1 atom stereocenters. The third-order valence-corrected chi connectivity index (χ3v) is 7.76. The van der Waals surface area contributed by atoms with Crippen molar-refractivity contribution in [2.45, 2.75) is 13.0 Å². The SMILES string of the molecule is C[C@@H](NC(=O)c1c(N)nn2cccnc12)c1cc2cccc(C#Cc3cn(C)c4ccccc34)c2c(=O)n1-c1ccccc1. The van der Waals surface area contributed by atoms with Crippen molar-refractivity contribution in [2.24, 2.45) is 7.05 Å². The zero-order valence-corrected chi connectivity index (χ0v) is 24.0. The van der Waals surface area contributed by atoms with Gasteiger partial charge in [-0.3, -0.25) is 14.2 Å². The Morgan fingerprint density at radius 3 is 2.57 bits per heavy atom. The highest BCUT2D eigenvalue weighted by atomic mass is 16.2. The topological polar surface area (TPSA) is 112 Å². The fourth-order valence-electron chi connectivity index (χ4n) is 5.69. The lowest BCUT2D eigenvalue weighted by Gasteiger charge is -2.21. The molecule has 214 valence electrons. The van der Waals surface area contributed by atoms with Gasteiger partial charge in [-0.15, -0.1) is 5.10 Å². The number of para-hydroxylation sites is 2. The summed E-state index contributed by atoms with van der Waals surface area (Å²) in [6, 6.07) is 26.1. The third kappa shape index (κ3) is 4.46. The van der Waals surface area contributed by atoms with E-state index < -0.39 is 11.9 Å². The van der Waals surface area contributed by atoms with E-state index in [1.807, 2.05) is 97.5 Å². The molecule has 0 aliphatic heterocycles. The van der Waals surface area contributed by atoms with Crippen LogP contribution in [0.2, 0.25) is 0 Å². The number of hydrogen-bond donors (Lipinski definition) is 2. The molecule has 9 heteroatoms. The molecule has 0 unspecified atom stereocenters. The van der Waals surface area contributed by atoms with Gasteiger partial charge in [0.15, 0.2) is 11.5 Å². The summed E-state index contributed by atoms with van der Waals surface area (Å²) in [5, 5.41) is 9.49. The third-order valence-electron chi connectivity index (χ3n) is 7.76. The molecule has 0 radical (unpaired) electrons. The van der Waals surface area contributed by atoms with Gasteiger partial charge >= 0.3 is 0 Å². The largest absolute Gasteiger partial charge is 0.381 e. The molecule has 0 fully saturated rings. The summed E-state index contributed by atoms with van der Waals surface area (Å²) in [7, 11) is 1.99. The molecule has 7 rings (SSSR count). The van der Waals surface area contributed by atoms with Gasteiger partial charge in [0, 0.05) is 53.5 Å². The zero-order chi connectivity index (χ0) is 30.4. The summed E-state index contributed by atoms with van der Waals surface area (Å²) in [6.07, 6.45) is 5.25. The lowest BCUT2D eigenvalue weighted by atomic mass is 10.0. The average Bonchev–Trinajstić information content (AvgIpc) is 3.55. The Balaban J connectivity index is 1.35. The van der Waals surface area contributed by atoms with E-state index in [0.717, 1.165) is 21.9 Å². The van der Waals surface area contributed by atoms with Crippen LogP contribution < -0.4 is 16.6 Å². The Labute approximate surface area is 252 Å². The fourth-order valence-corrected chi connectivity index (χ4v) is 5.69. The number of benzene rings is 3. The van der Waals surface area contributed by atoms with Crippen LogP contribution in [0.3, 0.4) is 0 Å². The number of carbonyl (C=O) groups is 1. The predicted molar refractivity (Wildman–Crippen MR) is 172 cm³/mol. The van der Waals surface area contributed by atoms with Crippen molar-refractivity contribution in [3.8, 4) is 17.5 Å². The number of pyridine rings is 1. The first kappa shape index (κ1) is 26.7. The lowest BCUT2D eigenvalue weighted by molar-refractivity contribution is 0.0941. The molecule has 9 nitrogen and oxygen atoms in total. The van der Waals surface area contributed by atoms with Gasteiger partial charge in [-0.2, -0.15) is 0 Å². The number of aryl methyl sites for hydroxylation is 1. The van der Waals surface area contributed by atoms with Gasteiger partial charge in [0.1, 0.15) is 5.56 Å². The van der Waals surface area contributed by atoms with Gasteiger partial charge in [0.2, 0.25) is 0 Å². The number of anilines is 1. The second-order valence-corrected chi connectivity index (χ2v) is 10.6. The van der Waals surface area contributed by atoms with Crippen LogP contribution in [0.25, 0.3) is 33.0 Å². The van der Waals surface area contributed by atoms with Gasteiger partial charge in [0.25, 0.3) is 11.5 Å². The van der Waals surface area contributed by atoms with Crippen molar-refractivity contribution in [1.82, 2.24) is 29.0 Å². The number of rotatable bonds is 4. The number of nitrogens with one attached hydrogen (secondary N) is 1. The van der Waals surface area contributed by atoms with Crippen LogP contribution in [0, 0.1) is 11.8 Å². The second-order valence-electron chi connectivity index (χ2n) is 10.6. The maximum atomic E-state index is 14.4. The Hall–Kier alpha value is -6.14. The molecule has 0 saturated heterocycles. The van der Waals surface area contributed by atoms with E-state index in [4.69, 9.17) is 5.73 Å². The highest BCUT2D eigenvalue weighted by Gasteiger charge is 2.24. The van der Waals surface area contributed by atoms with Crippen LogP contribution in [-0.4, -0.2) is 29.6 Å². The predicted octanol–water partition coefficient (Wildman–Crippen LogP) is 5.00. The minimum Gasteiger partial charge on any atom is -0.381 e. The van der Waals surface area contributed by atoms with Crippen LogP contribution >= 0.6 is 0 Å². The average molecular weight is 578 g/mol. The fraction of sp³-hybridized carbons (Fsp3) is 0.0857. The van der Waals surface area contributed by atoms with Crippen LogP contribution in [-0.2, 0) is 7.05 Å². The minimum atomic E-state index is -0.580. The molecule has 7 aromatic rings. The first-order valence-corrected chi connectivity index (χ1v) is 14.1. The molecule has 3 aromatic carbocycles. The highest BCUT2D eigenvalue weighted by Crippen LogP contribution is 2.25. The smallest absolute Gasteiger partial charge is 0.264 e. The van der Waals surface area contributed by atoms with Gasteiger partial charge in [-0.25, -0.2) is 9.50 Å². The first-order chi connectivity index (χ1) is 21.4. The Bertz CT molecular complexity index is 2350. The van der Waals surface area contributed by atoms with E-state index in [9.17, 15) is 9.59 Å². The molecule has 4 heterocycles. The molecule has 44 heavy (non-hydrogen) atoms. The number of amides is 1. The van der Waals surface area contributed by atoms with Crippen LogP contribution in [0.15, 0.2) is 108 Å². The highest BCUT2D eigenvalue weighted by molar-refractivity contribution is 6.04. The molecule has 0 bridgehead atoms. The summed E-state index contributed by atoms with van der Waals surface area (Å²) < 4.78 is 5.14. The van der Waals surface area contributed by atoms with Crippen molar-refractivity contribution in [1.29, 1.82) is 0 Å². The lowest BCUT2D eigenvalue weighted by Crippen LogP contribution is -2.32. The van der Waals surface area contributed by atoms with E-state index in [1.165, 1.54) is 4.52 Å². The standard InChI is InChI=1S/C35H27N7O2/c1-22(38-34(43)31-32(36)39-41-19-9-18-37-33(31)41)29-20-24-11-8-10-23(30(24)35(44)42(29)26-12-4-3-5-13-26)16-17-25-21-40(2)28-15-7-6-14-27(25)28/h3-15,18-22H,1-2H3,(H2,36,39)(H,38,43)/t22-/m1/s1. The van der Waals surface area contributed by atoms with Gasteiger partial charge in [0.05, 0.1) is 17.0 Å².